The molecule has 2 heterocycles. The molecule has 0 fully saturated rings. The molecular weight excluding hydrogens is 404 g/mol. The van der Waals surface area contributed by atoms with Gasteiger partial charge in [0.05, 0.1) is 16.2 Å². The van der Waals surface area contributed by atoms with Gasteiger partial charge in [0.1, 0.15) is 9.77 Å². The number of H-pyrrole nitrogens is 1. The number of anilines is 1. The third-order valence-corrected chi connectivity index (χ3v) is 6.38. The SMILES string of the molecule is Cc1nc(NS(=O)(=O)c2cc3oc(=O)[nH]c3cc2Cl)sc1C(=O)N(C)C. The number of aryl methyl sites for hydroxylation is 1. The lowest BCUT2D eigenvalue weighted by molar-refractivity contribution is 0.0831. The van der Waals surface area contributed by atoms with E-state index in [2.05, 4.69) is 14.7 Å². The van der Waals surface area contributed by atoms with E-state index in [1.807, 2.05) is 0 Å². The summed E-state index contributed by atoms with van der Waals surface area (Å²) in [6.45, 7) is 1.61. The summed E-state index contributed by atoms with van der Waals surface area (Å²) >= 11 is 6.95. The molecule has 2 N–H and O–H groups in total. The molecule has 0 radical (unpaired) electrons. The summed E-state index contributed by atoms with van der Waals surface area (Å²) in [5, 5.41) is -0.0701. The number of aromatic amines is 1. The van der Waals surface area contributed by atoms with Gasteiger partial charge < -0.3 is 9.32 Å². The number of fused-ring (bicyclic) bond motifs is 1. The fourth-order valence-corrected chi connectivity index (χ4v) is 4.94. The summed E-state index contributed by atoms with van der Waals surface area (Å²) in [7, 11) is -0.934. The Morgan fingerprint density at radius 3 is 2.73 bits per heavy atom. The number of halogens is 1. The van der Waals surface area contributed by atoms with Gasteiger partial charge in [0.25, 0.3) is 15.9 Å². The number of benzene rings is 1. The van der Waals surface area contributed by atoms with E-state index in [0.29, 0.717) is 10.6 Å². The number of nitrogens with one attached hydrogen (secondary N) is 2. The average Bonchev–Trinajstić information content (AvgIpc) is 3.06. The van der Waals surface area contributed by atoms with Crippen LogP contribution in [-0.4, -0.2) is 43.3 Å². The molecule has 12 heteroatoms. The number of carbonyl (C=O) groups excluding carboxylic acids is 1. The highest BCUT2D eigenvalue weighted by Gasteiger charge is 2.24. The number of aromatic nitrogens is 2. The van der Waals surface area contributed by atoms with Crippen molar-refractivity contribution < 1.29 is 17.6 Å². The Morgan fingerprint density at radius 1 is 1.38 bits per heavy atom. The molecule has 9 nitrogen and oxygen atoms in total. The van der Waals surface area contributed by atoms with Gasteiger partial charge in [-0.15, -0.1) is 0 Å². The topological polar surface area (TPSA) is 125 Å². The first-order chi connectivity index (χ1) is 12.1. The second-order valence-corrected chi connectivity index (χ2v) is 8.59. The van der Waals surface area contributed by atoms with Crippen LogP contribution in [0.4, 0.5) is 5.13 Å². The largest absolute Gasteiger partial charge is 0.417 e. The highest BCUT2D eigenvalue weighted by atomic mass is 35.5. The molecule has 0 saturated carbocycles. The number of hydrogen-bond donors (Lipinski definition) is 2. The Bertz CT molecular complexity index is 1180. The third-order valence-electron chi connectivity index (χ3n) is 3.38. The molecule has 0 aliphatic heterocycles. The van der Waals surface area contributed by atoms with Gasteiger partial charge in [-0.05, 0) is 13.0 Å². The van der Waals surface area contributed by atoms with Crippen molar-refractivity contribution in [1.29, 1.82) is 0 Å². The lowest BCUT2D eigenvalue weighted by atomic mass is 10.3. The van der Waals surface area contributed by atoms with E-state index in [1.54, 1.807) is 21.0 Å². The molecular formula is C14H13ClN4O5S2. The van der Waals surface area contributed by atoms with Crippen molar-refractivity contribution in [2.75, 3.05) is 18.8 Å². The summed E-state index contributed by atoms with van der Waals surface area (Å²) < 4.78 is 32.4. The standard InChI is InChI=1S/C14H13ClN4O5S2/c1-6-11(12(20)19(2)3)25-13(16-6)18-26(22,23)10-5-9-8(4-7(10)15)17-14(21)24-9/h4-5H,1-3H3,(H,16,18)(H,17,21). The minimum Gasteiger partial charge on any atom is -0.408 e. The number of hydrogen-bond acceptors (Lipinski definition) is 7. The predicted octanol–water partition coefficient (Wildman–Crippen LogP) is 2.04. The van der Waals surface area contributed by atoms with Crippen molar-refractivity contribution in [3.05, 3.63) is 38.3 Å². The first-order valence-corrected chi connectivity index (χ1v) is 9.80. The molecule has 2 aromatic heterocycles. The van der Waals surface area contributed by atoms with Gasteiger partial charge in [-0.2, -0.15) is 0 Å². The monoisotopic (exact) mass is 416 g/mol. The number of nitrogens with zero attached hydrogens (tertiary/aromatic N) is 2. The molecule has 0 spiro atoms. The maximum Gasteiger partial charge on any atom is 0.417 e. The van der Waals surface area contributed by atoms with Gasteiger partial charge in [0.15, 0.2) is 10.7 Å². The van der Waals surface area contributed by atoms with Crippen LogP contribution in [0.3, 0.4) is 0 Å². The van der Waals surface area contributed by atoms with E-state index in [9.17, 15) is 18.0 Å². The zero-order chi connectivity index (χ0) is 19.2. The van der Waals surface area contributed by atoms with Crippen LogP contribution in [0, 0.1) is 6.92 Å². The minimum absolute atomic E-state index is 0.0272. The summed E-state index contributed by atoms with van der Waals surface area (Å²) in [6, 6.07) is 2.43. The zero-order valence-corrected chi connectivity index (χ0v) is 16.2. The van der Waals surface area contributed by atoms with E-state index in [0.717, 1.165) is 17.4 Å². The summed E-state index contributed by atoms with van der Waals surface area (Å²) in [4.78, 5) is 31.2. The fraction of sp³-hybridized carbons (Fsp3) is 0.214. The normalized spacial score (nSPS) is 11.7. The zero-order valence-electron chi connectivity index (χ0n) is 13.8. The number of rotatable bonds is 4. The molecule has 0 aliphatic rings. The number of carbonyl (C=O) groups is 1. The van der Waals surface area contributed by atoms with Crippen molar-refractivity contribution in [1.82, 2.24) is 14.9 Å². The van der Waals surface area contributed by atoms with Crippen LogP contribution in [0.2, 0.25) is 5.02 Å². The summed E-state index contributed by atoms with van der Waals surface area (Å²) in [5.74, 6) is -1.00. The summed E-state index contributed by atoms with van der Waals surface area (Å²) in [6.07, 6.45) is 0. The van der Waals surface area contributed by atoms with Gasteiger partial charge in [-0.3, -0.25) is 14.5 Å². The van der Waals surface area contributed by atoms with Gasteiger partial charge >= 0.3 is 5.76 Å². The van der Waals surface area contributed by atoms with E-state index < -0.39 is 15.8 Å². The Labute approximate surface area is 156 Å². The summed E-state index contributed by atoms with van der Waals surface area (Å²) in [5.41, 5.74) is 0.742. The molecule has 26 heavy (non-hydrogen) atoms. The molecule has 0 atom stereocenters. The molecule has 0 aliphatic carbocycles. The van der Waals surface area contributed by atoms with E-state index in [-0.39, 0.29) is 32.1 Å². The van der Waals surface area contributed by atoms with Crippen molar-refractivity contribution >= 4 is 55.1 Å². The van der Waals surface area contributed by atoms with Crippen LogP contribution in [0.15, 0.2) is 26.2 Å². The lowest BCUT2D eigenvalue weighted by Gasteiger charge is -2.08. The molecule has 3 aromatic rings. The highest BCUT2D eigenvalue weighted by Crippen LogP contribution is 2.30. The van der Waals surface area contributed by atoms with Crippen LogP contribution in [0.25, 0.3) is 11.1 Å². The number of thiazole rings is 1. The molecule has 1 amide bonds. The average molecular weight is 417 g/mol. The van der Waals surface area contributed by atoms with Gasteiger partial charge in [-0.25, -0.2) is 18.2 Å². The van der Waals surface area contributed by atoms with Crippen molar-refractivity contribution in [3.63, 3.8) is 0 Å². The van der Waals surface area contributed by atoms with Crippen LogP contribution >= 0.6 is 22.9 Å². The molecule has 3 rings (SSSR count). The fourth-order valence-electron chi connectivity index (χ4n) is 2.17. The smallest absolute Gasteiger partial charge is 0.408 e. The minimum atomic E-state index is -4.11. The maximum absolute atomic E-state index is 12.6. The predicted molar refractivity (Wildman–Crippen MR) is 97.5 cm³/mol. The molecule has 0 bridgehead atoms. The Morgan fingerprint density at radius 2 is 2.08 bits per heavy atom. The van der Waals surface area contributed by atoms with Crippen molar-refractivity contribution in [3.8, 4) is 0 Å². The molecule has 0 saturated heterocycles. The first-order valence-electron chi connectivity index (χ1n) is 7.13. The number of sulfonamides is 1. The van der Waals surface area contributed by atoms with Crippen LogP contribution < -0.4 is 10.5 Å². The maximum atomic E-state index is 12.6. The van der Waals surface area contributed by atoms with Crippen LogP contribution in [0.1, 0.15) is 15.4 Å². The van der Waals surface area contributed by atoms with E-state index in [1.165, 1.54) is 11.0 Å². The van der Waals surface area contributed by atoms with E-state index >= 15 is 0 Å². The van der Waals surface area contributed by atoms with Crippen LogP contribution in [0.5, 0.6) is 0 Å². The highest BCUT2D eigenvalue weighted by molar-refractivity contribution is 7.93. The number of amides is 1. The lowest BCUT2D eigenvalue weighted by Crippen LogP contribution is -2.21. The second kappa shape index (κ2) is 6.41. The first kappa shape index (κ1) is 18.4. The molecule has 138 valence electrons. The quantitative estimate of drug-likeness (QED) is 0.670. The molecule has 0 unspecified atom stereocenters. The van der Waals surface area contributed by atoms with Gasteiger partial charge in [0.2, 0.25) is 0 Å². The second-order valence-electron chi connectivity index (χ2n) is 5.53. The van der Waals surface area contributed by atoms with Gasteiger partial charge in [0, 0.05) is 20.2 Å². The third kappa shape index (κ3) is 3.32. The van der Waals surface area contributed by atoms with Gasteiger partial charge in [-0.1, -0.05) is 22.9 Å². The van der Waals surface area contributed by atoms with E-state index in [4.69, 9.17) is 16.0 Å². The van der Waals surface area contributed by atoms with Crippen molar-refractivity contribution in [2.45, 2.75) is 11.8 Å². The molecule has 1 aromatic carbocycles. The Kier molecular flexibility index (Phi) is 4.54. The van der Waals surface area contributed by atoms with Crippen molar-refractivity contribution in [2.24, 2.45) is 0 Å². The Hall–Kier alpha value is -2.37. The van der Waals surface area contributed by atoms with Crippen LogP contribution in [-0.2, 0) is 10.0 Å². The number of oxazole rings is 1. The Balaban J connectivity index is 1.99.